The van der Waals surface area contributed by atoms with E-state index in [4.69, 9.17) is 9.84 Å². The lowest BCUT2D eigenvalue weighted by atomic mass is 9.86. The van der Waals surface area contributed by atoms with Gasteiger partial charge in [-0.1, -0.05) is 13.3 Å². The average molecular weight is 187 g/mol. The van der Waals surface area contributed by atoms with Crippen molar-refractivity contribution in [2.75, 3.05) is 26.4 Å². The SMILES string of the molecule is CCCCNC(=O)C1(CO)COC1. The number of hydrogen-bond donors (Lipinski definition) is 2. The lowest BCUT2D eigenvalue weighted by Crippen LogP contribution is -2.56. The van der Waals surface area contributed by atoms with Crippen LogP contribution in [0.15, 0.2) is 0 Å². The van der Waals surface area contributed by atoms with E-state index < -0.39 is 5.41 Å². The van der Waals surface area contributed by atoms with Crippen molar-refractivity contribution in [2.45, 2.75) is 19.8 Å². The fraction of sp³-hybridized carbons (Fsp3) is 0.889. The molecular weight excluding hydrogens is 170 g/mol. The van der Waals surface area contributed by atoms with Crippen LogP contribution in [-0.4, -0.2) is 37.4 Å². The third-order valence-corrected chi connectivity index (χ3v) is 2.36. The van der Waals surface area contributed by atoms with E-state index in [0.717, 1.165) is 12.8 Å². The molecule has 0 aromatic heterocycles. The van der Waals surface area contributed by atoms with Gasteiger partial charge in [-0.3, -0.25) is 4.79 Å². The first-order chi connectivity index (χ1) is 6.25. The van der Waals surface area contributed by atoms with Gasteiger partial charge in [-0.2, -0.15) is 0 Å². The van der Waals surface area contributed by atoms with Crippen LogP contribution in [0.25, 0.3) is 0 Å². The van der Waals surface area contributed by atoms with Gasteiger partial charge in [-0.25, -0.2) is 0 Å². The van der Waals surface area contributed by atoms with Crippen LogP contribution in [-0.2, 0) is 9.53 Å². The molecule has 0 radical (unpaired) electrons. The van der Waals surface area contributed by atoms with Crippen molar-refractivity contribution >= 4 is 5.91 Å². The summed E-state index contributed by atoms with van der Waals surface area (Å²) in [4.78, 5) is 11.5. The second kappa shape index (κ2) is 4.58. The van der Waals surface area contributed by atoms with E-state index in [9.17, 15) is 4.79 Å². The number of ether oxygens (including phenoxy) is 1. The lowest BCUT2D eigenvalue weighted by molar-refractivity contribution is -0.169. The fourth-order valence-corrected chi connectivity index (χ4v) is 1.21. The summed E-state index contributed by atoms with van der Waals surface area (Å²) in [6, 6.07) is 0. The number of amides is 1. The summed E-state index contributed by atoms with van der Waals surface area (Å²) in [7, 11) is 0. The normalized spacial score (nSPS) is 19.2. The highest BCUT2D eigenvalue weighted by atomic mass is 16.5. The van der Waals surface area contributed by atoms with Crippen molar-refractivity contribution in [3.63, 3.8) is 0 Å². The van der Waals surface area contributed by atoms with E-state index in [1.807, 2.05) is 0 Å². The highest BCUT2D eigenvalue weighted by Gasteiger charge is 2.45. The first kappa shape index (κ1) is 10.5. The summed E-state index contributed by atoms with van der Waals surface area (Å²) >= 11 is 0. The molecule has 0 unspecified atom stereocenters. The van der Waals surface area contributed by atoms with Gasteiger partial charge in [0.1, 0.15) is 5.41 Å². The highest BCUT2D eigenvalue weighted by Crippen LogP contribution is 2.26. The molecule has 1 aliphatic rings. The van der Waals surface area contributed by atoms with Gasteiger partial charge in [0, 0.05) is 6.54 Å². The molecule has 0 aromatic rings. The number of unbranched alkanes of at least 4 members (excludes halogenated alkanes) is 1. The quantitative estimate of drug-likeness (QED) is 0.591. The van der Waals surface area contributed by atoms with Crippen LogP contribution in [0.5, 0.6) is 0 Å². The van der Waals surface area contributed by atoms with Gasteiger partial charge < -0.3 is 15.2 Å². The second-order valence-electron chi connectivity index (χ2n) is 3.54. The molecule has 0 spiro atoms. The molecule has 1 rings (SSSR count). The maximum absolute atomic E-state index is 11.5. The zero-order valence-corrected chi connectivity index (χ0v) is 8.01. The monoisotopic (exact) mass is 187 g/mol. The molecule has 76 valence electrons. The first-order valence-electron chi connectivity index (χ1n) is 4.72. The largest absolute Gasteiger partial charge is 0.395 e. The van der Waals surface area contributed by atoms with Gasteiger partial charge in [0.2, 0.25) is 5.91 Å². The molecule has 4 nitrogen and oxygen atoms in total. The van der Waals surface area contributed by atoms with Gasteiger partial charge in [0.25, 0.3) is 0 Å². The number of aliphatic hydroxyl groups is 1. The number of rotatable bonds is 5. The van der Waals surface area contributed by atoms with Crippen molar-refractivity contribution in [3.8, 4) is 0 Å². The summed E-state index contributed by atoms with van der Waals surface area (Å²) in [5.74, 6) is -0.0744. The number of aliphatic hydroxyl groups excluding tert-OH is 1. The van der Waals surface area contributed by atoms with Gasteiger partial charge >= 0.3 is 0 Å². The lowest BCUT2D eigenvalue weighted by Gasteiger charge is -2.38. The standard InChI is InChI=1S/C9H17NO3/c1-2-3-4-10-8(12)9(5-11)6-13-7-9/h11H,2-7H2,1H3,(H,10,12). The number of carbonyl (C=O) groups is 1. The molecule has 1 heterocycles. The average Bonchev–Trinajstić information content (AvgIpc) is 2.04. The summed E-state index contributed by atoms with van der Waals surface area (Å²) in [6.45, 7) is 3.34. The van der Waals surface area contributed by atoms with Gasteiger partial charge in [-0.05, 0) is 6.42 Å². The fourth-order valence-electron chi connectivity index (χ4n) is 1.21. The predicted octanol–water partition coefficient (Wildman–Crippen LogP) is -0.0884. The topological polar surface area (TPSA) is 58.6 Å². The summed E-state index contributed by atoms with van der Waals surface area (Å²) in [5, 5.41) is 11.8. The van der Waals surface area contributed by atoms with Crippen LogP contribution in [0.1, 0.15) is 19.8 Å². The van der Waals surface area contributed by atoms with Crippen LogP contribution in [0.3, 0.4) is 0 Å². The molecule has 0 aliphatic carbocycles. The van der Waals surface area contributed by atoms with E-state index in [1.54, 1.807) is 0 Å². The Hall–Kier alpha value is -0.610. The molecular formula is C9H17NO3. The summed E-state index contributed by atoms with van der Waals surface area (Å²) < 4.78 is 4.94. The minimum absolute atomic E-state index is 0.0744. The van der Waals surface area contributed by atoms with E-state index in [0.29, 0.717) is 19.8 Å². The predicted molar refractivity (Wildman–Crippen MR) is 48.3 cm³/mol. The molecule has 0 atom stereocenters. The van der Waals surface area contributed by atoms with Gasteiger partial charge in [0.15, 0.2) is 0 Å². The Labute approximate surface area is 78.3 Å². The maximum Gasteiger partial charge on any atom is 0.233 e. The minimum atomic E-state index is -0.645. The zero-order valence-electron chi connectivity index (χ0n) is 8.01. The molecule has 13 heavy (non-hydrogen) atoms. The molecule has 0 aromatic carbocycles. The third kappa shape index (κ3) is 2.19. The van der Waals surface area contributed by atoms with Gasteiger partial charge in [-0.15, -0.1) is 0 Å². The van der Waals surface area contributed by atoms with Crippen molar-refractivity contribution in [1.82, 2.24) is 5.32 Å². The molecule has 1 aliphatic heterocycles. The van der Waals surface area contributed by atoms with Crippen molar-refractivity contribution in [2.24, 2.45) is 5.41 Å². The number of hydrogen-bond acceptors (Lipinski definition) is 3. The van der Waals surface area contributed by atoms with Crippen LogP contribution in [0, 0.1) is 5.41 Å². The van der Waals surface area contributed by atoms with E-state index >= 15 is 0 Å². The smallest absolute Gasteiger partial charge is 0.233 e. The Morgan fingerprint density at radius 2 is 2.31 bits per heavy atom. The summed E-state index contributed by atoms with van der Waals surface area (Å²) in [6.07, 6.45) is 2.04. The molecule has 2 N–H and O–H groups in total. The van der Waals surface area contributed by atoms with Crippen LogP contribution >= 0.6 is 0 Å². The number of carbonyl (C=O) groups excluding carboxylic acids is 1. The molecule has 1 amide bonds. The Kier molecular flexibility index (Phi) is 3.69. The van der Waals surface area contributed by atoms with Crippen LogP contribution in [0.4, 0.5) is 0 Å². The Bertz CT molecular complexity index is 172. The Morgan fingerprint density at radius 3 is 2.69 bits per heavy atom. The van der Waals surface area contributed by atoms with Gasteiger partial charge in [0.05, 0.1) is 19.8 Å². The zero-order chi connectivity index (χ0) is 9.73. The van der Waals surface area contributed by atoms with Crippen LogP contribution in [0.2, 0.25) is 0 Å². The molecule has 1 fully saturated rings. The second-order valence-corrected chi connectivity index (χ2v) is 3.54. The van der Waals surface area contributed by atoms with E-state index in [-0.39, 0.29) is 12.5 Å². The summed E-state index contributed by atoms with van der Waals surface area (Å²) in [5.41, 5.74) is -0.645. The molecule has 0 bridgehead atoms. The molecule has 4 heteroatoms. The number of nitrogens with one attached hydrogen (secondary N) is 1. The van der Waals surface area contributed by atoms with Crippen molar-refractivity contribution in [3.05, 3.63) is 0 Å². The third-order valence-electron chi connectivity index (χ3n) is 2.36. The van der Waals surface area contributed by atoms with E-state index in [2.05, 4.69) is 12.2 Å². The highest BCUT2D eigenvalue weighted by molar-refractivity contribution is 5.83. The first-order valence-corrected chi connectivity index (χ1v) is 4.72. The van der Waals surface area contributed by atoms with Crippen LogP contribution < -0.4 is 5.32 Å². The van der Waals surface area contributed by atoms with Crippen molar-refractivity contribution in [1.29, 1.82) is 0 Å². The maximum atomic E-state index is 11.5. The molecule has 1 saturated heterocycles. The van der Waals surface area contributed by atoms with E-state index in [1.165, 1.54) is 0 Å². The van der Waals surface area contributed by atoms with Crippen molar-refractivity contribution < 1.29 is 14.6 Å². The Balaban J connectivity index is 2.28. The molecule has 0 saturated carbocycles. The minimum Gasteiger partial charge on any atom is -0.395 e. The Morgan fingerprint density at radius 1 is 1.62 bits per heavy atom.